The molecule has 0 aliphatic heterocycles. The van der Waals surface area contributed by atoms with E-state index in [2.05, 4.69) is 15.3 Å². The van der Waals surface area contributed by atoms with Crippen LogP contribution >= 0.6 is 0 Å². The maximum atomic E-state index is 12.6. The number of nitrogens with zero attached hydrogens (tertiary/aromatic N) is 2. The number of aryl methyl sites for hydroxylation is 4. The molecule has 0 radical (unpaired) electrons. The quantitative estimate of drug-likeness (QED) is 0.775. The van der Waals surface area contributed by atoms with Crippen molar-refractivity contribution in [3.8, 4) is 0 Å². The van der Waals surface area contributed by atoms with Crippen molar-refractivity contribution in [2.24, 2.45) is 0 Å². The third-order valence-corrected chi connectivity index (χ3v) is 4.12. The molecule has 4 nitrogen and oxygen atoms in total. The molecular weight excluding hydrogens is 286 g/mol. The number of hydrogen-bond acceptors (Lipinski definition) is 3. The number of fused-ring (bicyclic) bond motifs is 1. The van der Waals surface area contributed by atoms with Crippen LogP contribution in [0.5, 0.6) is 0 Å². The molecule has 0 fully saturated rings. The molecule has 1 heterocycles. The Morgan fingerprint density at radius 1 is 0.913 bits per heavy atom. The molecule has 116 valence electrons. The van der Waals surface area contributed by atoms with E-state index in [-0.39, 0.29) is 5.91 Å². The molecular formula is C19H19N3O. The fourth-order valence-corrected chi connectivity index (χ4v) is 2.45. The molecule has 0 aliphatic rings. The molecule has 0 saturated heterocycles. The Balaban J connectivity index is 2.00. The van der Waals surface area contributed by atoms with Gasteiger partial charge in [-0.15, -0.1) is 0 Å². The average Bonchev–Trinajstić information content (AvgIpc) is 2.51. The van der Waals surface area contributed by atoms with Gasteiger partial charge in [0.2, 0.25) is 0 Å². The average molecular weight is 305 g/mol. The van der Waals surface area contributed by atoms with E-state index in [1.165, 1.54) is 5.56 Å². The second kappa shape index (κ2) is 5.80. The second-order valence-corrected chi connectivity index (χ2v) is 5.82. The highest BCUT2D eigenvalue weighted by molar-refractivity contribution is 6.11. The lowest BCUT2D eigenvalue weighted by molar-refractivity contribution is 0.102. The summed E-state index contributed by atoms with van der Waals surface area (Å²) in [4.78, 5) is 21.7. The van der Waals surface area contributed by atoms with E-state index in [4.69, 9.17) is 0 Å². The maximum Gasteiger partial charge on any atom is 0.257 e. The first kappa shape index (κ1) is 15.2. The number of nitrogens with one attached hydrogen (secondary N) is 1. The molecule has 2 aromatic carbocycles. The topological polar surface area (TPSA) is 54.9 Å². The number of anilines is 1. The fourth-order valence-electron chi connectivity index (χ4n) is 2.45. The van der Waals surface area contributed by atoms with Gasteiger partial charge < -0.3 is 5.32 Å². The monoisotopic (exact) mass is 305 g/mol. The number of carbonyl (C=O) groups is 1. The van der Waals surface area contributed by atoms with Crippen molar-refractivity contribution in [2.45, 2.75) is 27.7 Å². The van der Waals surface area contributed by atoms with Gasteiger partial charge in [0.1, 0.15) is 5.52 Å². The van der Waals surface area contributed by atoms with E-state index in [1.54, 1.807) is 6.07 Å². The summed E-state index contributed by atoms with van der Waals surface area (Å²) >= 11 is 0. The first-order valence-corrected chi connectivity index (χ1v) is 7.58. The normalized spacial score (nSPS) is 10.8. The standard InChI is InChI=1S/C19H19N3O/c1-11-8-9-15(10-12(11)2)22-19(23)16-6-5-7-17-18(16)21-14(4)13(3)20-17/h5-10H,1-4H3,(H,22,23). The van der Waals surface area contributed by atoms with Crippen LogP contribution in [-0.2, 0) is 0 Å². The predicted molar refractivity (Wildman–Crippen MR) is 92.9 cm³/mol. The third kappa shape index (κ3) is 2.93. The first-order chi connectivity index (χ1) is 11.0. The molecule has 0 saturated carbocycles. The van der Waals surface area contributed by atoms with Crippen molar-refractivity contribution >= 4 is 22.6 Å². The molecule has 1 N–H and O–H groups in total. The van der Waals surface area contributed by atoms with Gasteiger partial charge in [0, 0.05) is 5.69 Å². The van der Waals surface area contributed by atoms with Gasteiger partial charge in [-0.2, -0.15) is 0 Å². The number of carbonyl (C=O) groups excluding carboxylic acids is 1. The van der Waals surface area contributed by atoms with Crippen molar-refractivity contribution in [3.05, 3.63) is 64.5 Å². The van der Waals surface area contributed by atoms with E-state index < -0.39 is 0 Å². The van der Waals surface area contributed by atoms with Crippen molar-refractivity contribution < 1.29 is 4.79 Å². The molecule has 1 amide bonds. The number of aromatic nitrogens is 2. The molecule has 3 rings (SSSR count). The minimum Gasteiger partial charge on any atom is -0.322 e. The second-order valence-electron chi connectivity index (χ2n) is 5.82. The number of amides is 1. The Labute approximate surface area is 135 Å². The molecule has 23 heavy (non-hydrogen) atoms. The third-order valence-electron chi connectivity index (χ3n) is 4.12. The largest absolute Gasteiger partial charge is 0.322 e. The van der Waals surface area contributed by atoms with Gasteiger partial charge in [-0.25, -0.2) is 9.97 Å². The van der Waals surface area contributed by atoms with E-state index in [0.717, 1.165) is 28.2 Å². The highest BCUT2D eigenvalue weighted by Crippen LogP contribution is 2.20. The lowest BCUT2D eigenvalue weighted by Crippen LogP contribution is -2.13. The van der Waals surface area contributed by atoms with Gasteiger partial charge >= 0.3 is 0 Å². The predicted octanol–water partition coefficient (Wildman–Crippen LogP) is 4.12. The van der Waals surface area contributed by atoms with Crippen LogP contribution in [0.1, 0.15) is 32.9 Å². The first-order valence-electron chi connectivity index (χ1n) is 7.58. The van der Waals surface area contributed by atoms with Crippen molar-refractivity contribution in [3.63, 3.8) is 0 Å². The maximum absolute atomic E-state index is 12.6. The molecule has 4 heteroatoms. The van der Waals surface area contributed by atoms with E-state index in [0.29, 0.717) is 11.1 Å². The molecule has 0 spiro atoms. The van der Waals surface area contributed by atoms with Gasteiger partial charge in [0.25, 0.3) is 5.91 Å². The van der Waals surface area contributed by atoms with Crippen LogP contribution < -0.4 is 5.32 Å². The van der Waals surface area contributed by atoms with Gasteiger partial charge in [0.15, 0.2) is 0 Å². The Kier molecular flexibility index (Phi) is 3.82. The summed E-state index contributed by atoms with van der Waals surface area (Å²) in [6.45, 7) is 7.90. The summed E-state index contributed by atoms with van der Waals surface area (Å²) in [6, 6.07) is 11.4. The number of benzene rings is 2. The van der Waals surface area contributed by atoms with Gasteiger partial charge in [-0.3, -0.25) is 4.79 Å². The van der Waals surface area contributed by atoms with Gasteiger partial charge in [-0.1, -0.05) is 12.1 Å². The summed E-state index contributed by atoms with van der Waals surface area (Å²) in [6.07, 6.45) is 0. The number of hydrogen-bond donors (Lipinski definition) is 1. The minimum atomic E-state index is -0.170. The van der Waals surface area contributed by atoms with Crippen LogP contribution in [0.25, 0.3) is 11.0 Å². The SMILES string of the molecule is Cc1ccc(NC(=O)c2cccc3nc(C)c(C)nc23)cc1C. The molecule has 3 aromatic rings. The zero-order valence-corrected chi connectivity index (χ0v) is 13.8. The molecule has 0 aliphatic carbocycles. The summed E-state index contributed by atoms with van der Waals surface area (Å²) in [5.41, 5.74) is 6.76. The van der Waals surface area contributed by atoms with Crippen LogP contribution in [-0.4, -0.2) is 15.9 Å². The van der Waals surface area contributed by atoms with Gasteiger partial charge in [-0.05, 0) is 63.1 Å². The summed E-state index contributed by atoms with van der Waals surface area (Å²) in [5.74, 6) is -0.170. The lowest BCUT2D eigenvalue weighted by Gasteiger charge is -2.10. The summed E-state index contributed by atoms with van der Waals surface area (Å²) in [5, 5.41) is 2.95. The van der Waals surface area contributed by atoms with E-state index in [1.807, 2.05) is 58.0 Å². The fraction of sp³-hybridized carbons (Fsp3) is 0.211. The van der Waals surface area contributed by atoms with E-state index in [9.17, 15) is 4.79 Å². The van der Waals surface area contributed by atoms with Crippen LogP contribution in [0.3, 0.4) is 0 Å². The van der Waals surface area contributed by atoms with E-state index >= 15 is 0 Å². The number of para-hydroxylation sites is 1. The molecule has 1 aromatic heterocycles. The Bertz CT molecular complexity index is 916. The zero-order chi connectivity index (χ0) is 16.6. The van der Waals surface area contributed by atoms with Crippen LogP contribution in [0.4, 0.5) is 5.69 Å². The molecule has 0 unspecified atom stereocenters. The highest BCUT2D eigenvalue weighted by atomic mass is 16.1. The minimum absolute atomic E-state index is 0.170. The lowest BCUT2D eigenvalue weighted by atomic mass is 10.1. The van der Waals surface area contributed by atoms with Crippen molar-refractivity contribution in [1.29, 1.82) is 0 Å². The zero-order valence-electron chi connectivity index (χ0n) is 13.8. The Hall–Kier alpha value is -2.75. The van der Waals surface area contributed by atoms with Crippen molar-refractivity contribution in [1.82, 2.24) is 9.97 Å². The van der Waals surface area contributed by atoms with Crippen LogP contribution in [0.15, 0.2) is 36.4 Å². The van der Waals surface area contributed by atoms with Crippen LogP contribution in [0.2, 0.25) is 0 Å². The Morgan fingerprint density at radius 3 is 2.39 bits per heavy atom. The van der Waals surface area contributed by atoms with Crippen molar-refractivity contribution in [2.75, 3.05) is 5.32 Å². The Morgan fingerprint density at radius 2 is 1.65 bits per heavy atom. The van der Waals surface area contributed by atoms with Gasteiger partial charge in [0.05, 0.1) is 22.5 Å². The summed E-state index contributed by atoms with van der Waals surface area (Å²) < 4.78 is 0. The number of rotatable bonds is 2. The molecule has 0 atom stereocenters. The highest BCUT2D eigenvalue weighted by Gasteiger charge is 2.13. The van der Waals surface area contributed by atoms with Crippen LogP contribution in [0, 0.1) is 27.7 Å². The summed E-state index contributed by atoms with van der Waals surface area (Å²) in [7, 11) is 0. The smallest absolute Gasteiger partial charge is 0.257 e. The molecule has 0 bridgehead atoms.